The van der Waals surface area contributed by atoms with E-state index in [9.17, 15) is 4.79 Å². The van der Waals surface area contributed by atoms with Crippen LogP contribution in [0.1, 0.15) is 23.3 Å². The lowest BCUT2D eigenvalue weighted by Crippen LogP contribution is -2.47. The maximum absolute atomic E-state index is 12.5. The molecule has 0 spiro atoms. The van der Waals surface area contributed by atoms with Gasteiger partial charge >= 0.3 is 0 Å². The Morgan fingerprint density at radius 2 is 2.13 bits per heavy atom. The van der Waals surface area contributed by atoms with Crippen LogP contribution >= 0.6 is 24.0 Å². The average Bonchev–Trinajstić information content (AvgIpc) is 3.05. The van der Waals surface area contributed by atoms with Crippen molar-refractivity contribution in [2.45, 2.75) is 18.9 Å². The molecule has 1 unspecified atom stereocenters. The molecule has 1 aromatic heterocycles. The molecule has 23 heavy (non-hydrogen) atoms. The Morgan fingerprint density at radius 1 is 1.39 bits per heavy atom. The highest BCUT2D eigenvalue weighted by atomic mass is 35.5. The Balaban J connectivity index is 0.00000192. The smallest absolute Gasteiger partial charge is 0.276 e. The van der Waals surface area contributed by atoms with Gasteiger partial charge in [0.05, 0.1) is 0 Å². The van der Waals surface area contributed by atoms with Crippen LogP contribution < -0.4 is 5.32 Å². The van der Waals surface area contributed by atoms with E-state index in [1.807, 2.05) is 24.1 Å². The molecule has 1 saturated heterocycles. The second-order valence-electron chi connectivity index (χ2n) is 5.46. The fourth-order valence-electron chi connectivity index (χ4n) is 2.69. The minimum Gasteiger partial charge on any atom is -0.355 e. The number of piperidine rings is 1. The normalized spacial score (nSPS) is 17.7. The van der Waals surface area contributed by atoms with Crippen molar-refractivity contribution >= 4 is 29.9 Å². The largest absolute Gasteiger partial charge is 0.355 e. The standard InChI is InChI=1S/C16H18ClN3O2.ClH/c1-18-13-3-2-8-20(10-13)16(21)14-9-15(22-19-14)11-4-6-12(17)7-5-11;/h4-7,9,13,18H,2-3,8,10H2,1H3;1H. The van der Waals surface area contributed by atoms with Crippen LogP contribution in [0.15, 0.2) is 34.9 Å². The summed E-state index contributed by atoms with van der Waals surface area (Å²) in [6.45, 7) is 1.47. The van der Waals surface area contributed by atoms with Gasteiger partial charge in [-0.3, -0.25) is 4.79 Å². The number of benzene rings is 1. The number of carbonyl (C=O) groups is 1. The molecular formula is C16H19Cl2N3O2. The van der Waals surface area contributed by atoms with Gasteiger partial charge in [0.2, 0.25) is 0 Å². The summed E-state index contributed by atoms with van der Waals surface area (Å²) < 4.78 is 5.30. The first-order valence-electron chi connectivity index (χ1n) is 7.36. The maximum atomic E-state index is 12.5. The topological polar surface area (TPSA) is 58.4 Å². The lowest BCUT2D eigenvalue weighted by atomic mass is 10.1. The molecule has 7 heteroatoms. The van der Waals surface area contributed by atoms with Crippen LogP contribution in [-0.2, 0) is 0 Å². The Bertz CT molecular complexity index is 658. The highest BCUT2D eigenvalue weighted by Crippen LogP contribution is 2.23. The summed E-state index contributed by atoms with van der Waals surface area (Å²) in [7, 11) is 1.92. The molecule has 2 heterocycles. The summed E-state index contributed by atoms with van der Waals surface area (Å²) >= 11 is 5.87. The van der Waals surface area contributed by atoms with E-state index in [4.69, 9.17) is 16.1 Å². The van der Waals surface area contributed by atoms with Crippen molar-refractivity contribution in [3.63, 3.8) is 0 Å². The number of amides is 1. The van der Waals surface area contributed by atoms with Crippen LogP contribution in [0.3, 0.4) is 0 Å². The third kappa shape index (κ3) is 4.05. The number of carbonyl (C=O) groups excluding carboxylic acids is 1. The molecule has 3 rings (SSSR count). The van der Waals surface area contributed by atoms with E-state index in [0.717, 1.165) is 24.9 Å². The van der Waals surface area contributed by atoms with Gasteiger partial charge < -0.3 is 14.7 Å². The summed E-state index contributed by atoms with van der Waals surface area (Å²) in [5.41, 5.74) is 1.20. The van der Waals surface area contributed by atoms with Crippen molar-refractivity contribution < 1.29 is 9.32 Å². The van der Waals surface area contributed by atoms with Crippen molar-refractivity contribution in [3.8, 4) is 11.3 Å². The summed E-state index contributed by atoms with van der Waals surface area (Å²) in [6, 6.07) is 9.28. The Hall–Kier alpha value is -1.56. The molecule has 1 N–H and O–H groups in total. The Morgan fingerprint density at radius 3 is 2.83 bits per heavy atom. The monoisotopic (exact) mass is 355 g/mol. The minimum absolute atomic E-state index is 0. The lowest BCUT2D eigenvalue weighted by molar-refractivity contribution is 0.0688. The van der Waals surface area contributed by atoms with Crippen molar-refractivity contribution in [2.24, 2.45) is 0 Å². The van der Waals surface area contributed by atoms with Gasteiger partial charge in [0.1, 0.15) is 0 Å². The van der Waals surface area contributed by atoms with Gasteiger partial charge in [0, 0.05) is 35.8 Å². The number of likely N-dealkylation sites (N-methyl/N-ethyl adjacent to an activating group) is 1. The highest BCUT2D eigenvalue weighted by Gasteiger charge is 2.25. The fraction of sp³-hybridized carbons (Fsp3) is 0.375. The number of rotatable bonds is 3. The molecule has 1 fully saturated rings. The Kier molecular flexibility index (Phi) is 6.04. The highest BCUT2D eigenvalue weighted by molar-refractivity contribution is 6.30. The van der Waals surface area contributed by atoms with Crippen molar-refractivity contribution in [3.05, 3.63) is 41.0 Å². The van der Waals surface area contributed by atoms with Crippen molar-refractivity contribution in [2.75, 3.05) is 20.1 Å². The molecule has 124 valence electrons. The van der Waals surface area contributed by atoms with Gasteiger partial charge in [0.25, 0.3) is 5.91 Å². The van der Waals surface area contributed by atoms with Gasteiger partial charge in [-0.25, -0.2) is 0 Å². The van der Waals surface area contributed by atoms with Crippen LogP contribution in [0.4, 0.5) is 0 Å². The third-order valence-corrected chi connectivity index (χ3v) is 4.23. The predicted octanol–water partition coefficient (Wildman–Crippen LogP) is 3.24. The van der Waals surface area contributed by atoms with Crippen LogP contribution in [0.25, 0.3) is 11.3 Å². The second-order valence-corrected chi connectivity index (χ2v) is 5.90. The fourth-order valence-corrected chi connectivity index (χ4v) is 2.81. The van der Waals surface area contributed by atoms with E-state index >= 15 is 0 Å². The van der Waals surface area contributed by atoms with E-state index in [1.165, 1.54) is 0 Å². The second kappa shape index (κ2) is 7.81. The lowest BCUT2D eigenvalue weighted by Gasteiger charge is -2.31. The summed E-state index contributed by atoms with van der Waals surface area (Å²) in [6.07, 6.45) is 2.09. The molecule has 1 aromatic carbocycles. The number of nitrogens with zero attached hydrogens (tertiary/aromatic N) is 2. The van der Waals surface area contributed by atoms with Gasteiger partial charge in [-0.05, 0) is 44.2 Å². The van der Waals surface area contributed by atoms with Crippen LogP contribution in [0.5, 0.6) is 0 Å². The molecule has 1 aliphatic rings. The molecule has 1 aliphatic heterocycles. The number of likely N-dealkylation sites (tertiary alicyclic amines) is 1. The Labute approximate surface area is 146 Å². The van der Waals surface area contributed by atoms with Crippen molar-refractivity contribution in [1.82, 2.24) is 15.4 Å². The molecule has 0 saturated carbocycles. The number of aromatic nitrogens is 1. The average molecular weight is 356 g/mol. The number of halogens is 2. The molecule has 0 bridgehead atoms. The van der Waals surface area contributed by atoms with E-state index in [1.54, 1.807) is 18.2 Å². The summed E-state index contributed by atoms with van der Waals surface area (Å²) in [5, 5.41) is 7.81. The first-order chi connectivity index (χ1) is 10.7. The van der Waals surface area contributed by atoms with Crippen LogP contribution in [0, 0.1) is 0 Å². The molecule has 2 aromatic rings. The van der Waals surface area contributed by atoms with Gasteiger partial charge in [-0.15, -0.1) is 12.4 Å². The van der Waals surface area contributed by atoms with Crippen LogP contribution in [-0.4, -0.2) is 42.1 Å². The van der Waals surface area contributed by atoms with Crippen LogP contribution in [0.2, 0.25) is 5.02 Å². The molecule has 0 aliphatic carbocycles. The van der Waals surface area contributed by atoms with Gasteiger partial charge in [-0.2, -0.15) is 0 Å². The molecular weight excluding hydrogens is 337 g/mol. The number of nitrogens with one attached hydrogen (secondary N) is 1. The quantitative estimate of drug-likeness (QED) is 0.917. The predicted molar refractivity (Wildman–Crippen MR) is 92.2 cm³/mol. The first-order valence-corrected chi connectivity index (χ1v) is 7.74. The third-order valence-electron chi connectivity index (χ3n) is 3.97. The van der Waals surface area contributed by atoms with Gasteiger partial charge in [0.15, 0.2) is 11.5 Å². The summed E-state index contributed by atoms with van der Waals surface area (Å²) in [5.74, 6) is 0.492. The molecule has 5 nitrogen and oxygen atoms in total. The zero-order valence-electron chi connectivity index (χ0n) is 12.8. The zero-order chi connectivity index (χ0) is 15.5. The maximum Gasteiger partial charge on any atom is 0.276 e. The van der Waals surface area contributed by atoms with E-state index in [0.29, 0.717) is 29.1 Å². The first kappa shape index (κ1) is 17.8. The molecule has 1 atom stereocenters. The molecule has 1 amide bonds. The van der Waals surface area contributed by atoms with E-state index in [-0.39, 0.29) is 18.3 Å². The number of hydrogen-bond acceptors (Lipinski definition) is 4. The SMILES string of the molecule is CNC1CCCN(C(=O)c2cc(-c3ccc(Cl)cc3)on2)C1.Cl. The minimum atomic E-state index is -0.0797. The summed E-state index contributed by atoms with van der Waals surface area (Å²) in [4.78, 5) is 14.3. The van der Waals surface area contributed by atoms with E-state index in [2.05, 4.69) is 10.5 Å². The number of hydrogen-bond donors (Lipinski definition) is 1. The van der Waals surface area contributed by atoms with Crippen molar-refractivity contribution in [1.29, 1.82) is 0 Å². The van der Waals surface area contributed by atoms with E-state index < -0.39 is 0 Å². The zero-order valence-corrected chi connectivity index (χ0v) is 14.4. The molecule has 0 radical (unpaired) electrons. The van der Waals surface area contributed by atoms with Gasteiger partial charge in [-0.1, -0.05) is 16.8 Å².